The average molecular weight is 481 g/mol. The number of carbonyl (C=O) groups is 1. The third kappa shape index (κ3) is 6.37. The first kappa shape index (κ1) is 24.8. The summed E-state index contributed by atoms with van der Waals surface area (Å²) >= 11 is 0. The normalized spacial score (nSPS) is 12.1. The third-order valence-corrected chi connectivity index (χ3v) is 4.43. The quantitative estimate of drug-likeness (QED) is 0.218. The van der Waals surface area contributed by atoms with Crippen molar-refractivity contribution in [1.82, 2.24) is 4.98 Å². The zero-order chi connectivity index (χ0) is 24.9. The van der Waals surface area contributed by atoms with Crippen molar-refractivity contribution in [3.05, 3.63) is 88.7 Å². The van der Waals surface area contributed by atoms with E-state index in [1.807, 2.05) is 0 Å². The molecule has 0 radical (unpaired) electrons. The fourth-order valence-electron chi connectivity index (χ4n) is 2.87. The van der Waals surface area contributed by atoms with Crippen LogP contribution in [0.1, 0.15) is 39.7 Å². The maximum atomic E-state index is 13.1. The van der Waals surface area contributed by atoms with E-state index in [0.29, 0.717) is 23.4 Å². The van der Waals surface area contributed by atoms with Gasteiger partial charge in [-0.2, -0.15) is 26.3 Å². The molecule has 0 saturated carbocycles. The average Bonchev–Trinajstić information content (AvgIpc) is 2.78. The molecule has 0 saturated heterocycles. The van der Waals surface area contributed by atoms with Crippen LogP contribution in [0.15, 0.2) is 60.8 Å². The van der Waals surface area contributed by atoms with Crippen molar-refractivity contribution in [2.75, 3.05) is 6.61 Å². The number of hydrogen-bond acceptors (Lipinski definition) is 4. The summed E-state index contributed by atoms with van der Waals surface area (Å²) < 4.78 is 89.0. The van der Waals surface area contributed by atoms with Gasteiger partial charge in [-0.25, -0.2) is 4.79 Å². The maximum absolute atomic E-state index is 13.1. The minimum Gasteiger partial charge on any atom is -0.490 e. The predicted molar refractivity (Wildman–Crippen MR) is 112 cm³/mol. The zero-order valence-electron chi connectivity index (χ0n) is 17.6. The fraction of sp³-hybridized carbons (Fsp3) is 0.167. The second-order valence-corrected chi connectivity index (χ2v) is 6.91. The van der Waals surface area contributed by atoms with Crippen molar-refractivity contribution in [2.24, 2.45) is 0 Å². The van der Waals surface area contributed by atoms with Crippen LogP contribution in [0.4, 0.5) is 26.3 Å². The molecule has 178 valence electrons. The lowest BCUT2D eigenvalue weighted by molar-refractivity contribution is -0.143. The minimum atomic E-state index is -5.09. The molecular formula is C24H17F6NO3. The highest BCUT2D eigenvalue weighted by molar-refractivity contribution is 5.92. The molecule has 34 heavy (non-hydrogen) atoms. The topological polar surface area (TPSA) is 48.4 Å². The first-order valence-corrected chi connectivity index (χ1v) is 9.85. The van der Waals surface area contributed by atoms with Crippen molar-refractivity contribution in [1.29, 1.82) is 0 Å². The van der Waals surface area contributed by atoms with Gasteiger partial charge in [0.1, 0.15) is 0 Å². The first-order chi connectivity index (χ1) is 16.0. The molecule has 0 N–H and O–H groups in total. The molecule has 0 aliphatic rings. The minimum absolute atomic E-state index is 0.0644. The van der Waals surface area contributed by atoms with Crippen LogP contribution in [0.5, 0.6) is 11.5 Å². The van der Waals surface area contributed by atoms with Gasteiger partial charge in [0.25, 0.3) is 0 Å². The number of hydrogen-bond donors (Lipinski definition) is 0. The van der Waals surface area contributed by atoms with E-state index in [4.69, 9.17) is 9.47 Å². The molecule has 0 fully saturated rings. The summed E-state index contributed by atoms with van der Waals surface area (Å²) in [5, 5.41) is 0. The van der Waals surface area contributed by atoms with E-state index in [1.165, 1.54) is 18.2 Å². The second kappa shape index (κ2) is 9.98. The van der Waals surface area contributed by atoms with Gasteiger partial charge < -0.3 is 9.47 Å². The molecule has 10 heteroatoms. The molecule has 3 rings (SSSR count). The Labute approximate surface area is 190 Å². The highest BCUT2D eigenvalue weighted by Crippen LogP contribution is 2.37. The second-order valence-electron chi connectivity index (χ2n) is 6.91. The van der Waals surface area contributed by atoms with E-state index in [-0.39, 0.29) is 24.2 Å². The molecule has 0 amide bonds. The molecule has 2 aromatic carbocycles. The molecule has 0 bridgehead atoms. The summed E-state index contributed by atoms with van der Waals surface area (Å²) in [7, 11) is 0. The smallest absolute Gasteiger partial charge is 0.416 e. The predicted octanol–water partition coefficient (Wildman–Crippen LogP) is 6.91. The van der Waals surface area contributed by atoms with Crippen LogP contribution in [0, 0.1) is 0 Å². The standard InChI is InChI=1S/C24H17F6NO3/c1-2-33-21-11-15(6-8-19-5-3-4-10-31-19)7-9-20(21)34-22(32)16-12-17(23(25,26)27)14-18(13-16)24(28,29)30/h3-14H,2H2,1H3/b8-6+. The highest BCUT2D eigenvalue weighted by atomic mass is 19.4. The van der Waals surface area contributed by atoms with Gasteiger partial charge in [-0.15, -0.1) is 0 Å². The first-order valence-electron chi connectivity index (χ1n) is 9.85. The lowest BCUT2D eigenvalue weighted by Crippen LogP contribution is -2.16. The summed E-state index contributed by atoms with van der Waals surface area (Å²) in [4.78, 5) is 16.6. The van der Waals surface area contributed by atoms with Crippen molar-refractivity contribution < 1.29 is 40.6 Å². The van der Waals surface area contributed by atoms with Crippen molar-refractivity contribution in [3.8, 4) is 11.5 Å². The van der Waals surface area contributed by atoms with E-state index >= 15 is 0 Å². The Balaban J connectivity index is 1.91. The molecule has 0 aliphatic carbocycles. The molecule has 0 unspecified atom stereocenters. The number of esters is 1. The van der Waals surface area contributed by atoms with Gasteiger partial charge in [0.15, 0.2) is 11.5 Å². The molecule has 0 spiro atoms. The van der Waals surface area contributed by atoms with Gasteiger partial charge in [-0.3, -0.25) is 4.98 Å². The Morgan fingerprint density at radius 2 is 1.56 bits per heavy atom. The highest BCUT2D eigenvalue weighted by Gasteiger charge is 2.37. The molecular weight excluding hydrogens is 464 g/mol. The van der Waals surface area contributed by atoms with Crippen LogP contribution in [0.2, 0.25) is 0 Å². The zero-order valence-corrected chi connectivity index (χ0v) is 17.6. The van der Waals surface area contributed by atoms with Crippen LogP contribution < -0.4 is 9.47 Å². The number of alkyl halides is 6. The van der Waals surface area contributed by atoms with Crippen molar-refractivity contribution in [3.63, 3.8) is 0 Å². The van der Waals surface area contributed by atoms with Crippen LogP contribution in [-0.4, -0.2) is 17.6 Å². The number of rotatable bonds is 6. The summed E-state index contributed by atoms with van der Waals surface area (Å²) in [6, 6.07) is 10.3. The Bertz CT molecular complexity index is 1160. The number of aromatic nitrogens is 1. The lowest BCUT2D eigenvalue weighted by atomic mass is 10.0. The number of nitrogens with zero attached hydrogens (tertiary/aromatic N) is 1. The molecule has 0 atom stereocenters. The largest absolute Gasteiger partial charge is 0.490 e. The van der Waals surface area contributed by atoms with Gasteiger partial charge in [0, 0.05) is 6.20 Å². The number of benzene rings is 2. The lowest BCUT2D eigenvalue weighted by Gasteiger charge is -2.15. The number of ether oxygens (including phenoxy) is 2. The Hall–Kier alpha value is -3.82. The molecule has 1 aromatic heterocycles. The molecule has 0 aliphatic heterocycles. The summed E-state index contributed by atoms with van der Waals surface area (Å²) in [6.45, 7) is 1.82. The van der Waals surface area contributed by atoms with Crippen LogP contribution >= 0.6 is 0 Å². The van der Waals surface area contributed by atoms with Crippen molar-refractivity contribution >= 4 is 18.1 Å². The van der Waals surface area contributed by atoms with Crippen LogP contribution in [-0.2, 0) is 12.4 Å². The van der Waals surface area contributed by atoms with Gasteiger partial charge >= 0.3 is 18.3 Å². The summed E-state index contributed by atoms with van der Waals surface area (Å²) in [5.41, 5.74) is -2.82. The Morgan fingerprint density at radius 3 is 2.12 bits per heavy atom. The van der Waals surface area contributed by atoms with Crippen molar-refractivity contribution in [2.45, 2.75) is 19.3 Å². The maximum Gasteiger partial charge on any atom is 0.416 e. The van der Waals surface area contributed by atoms with Gasteiger partial charge in [0.05, 0.1) is 29.0 Å². The Kier molecular flexibility index (Phi) is 7.29. The van der Waals surface area contributed by atoms with Crippen LogP contribution in [0.25, 0.3) is 12.2 Å². The van der Waals surface area contributed by atoms with E-state index in [0.717, 1.165) is 0 Å². The SMILES string of the molecule is CCOc1cc(/C=C/c2ccccn2)ccc1OC(=O)c1cc(C(F)(F)F)cc(C(F)(F)F)c1. The number of pyridine rings is 1. The number of halogens is 6. The van der Waals surface area contributed by atoms with Crippen LogP contribution in [0.3, 0.4) is 0 Å². The molecule has 4 nitrogen and oxygen atoms in total. The fourth-order valence-corrected chi connectivity index (χ4v) is 2.87. The molecule has 1 heterocycles. The van der Waals surface area contributed by atoms with E-state index in [2.05, 4.69) is 4.98 Å². The van der Waals surface area contributed by atoms with E-state index in [9.17, 15) is 31.1 Å². The number of carbonyl (C=O) groups excluding carboxylic acids is 1. The van der Waals surface area contributed by atoms with Gasteiger partial charge in [-0.05, 0) is 61.0 Å². The van der Waals surface area contributed by atoms with E-state index in [1.54, 1.807) is 43.5 Å². The van der Waals surface area contributed by atoms with E-state index < -0.39 is 35.0 Å². The monoisotopic (exact) mass is 481 g/mol. The summed E-state index contributed by atoms with van der Waals surface area (Å²) in [6.07, 6.45) is -5.13. The van der Waals surface area contributed by atoms with Gasteiger partial charge in [0.2, 0.25) is 0 Å². The van der Waals surface area contributed by atoms with Gasteiger partial charge in [-0.1, -0.05) is 18.2 Å². The third-order valence-electron chi connectivity index (χ3n) is 4.43. The Morgan fingerprint density at radius 1 is 0.882 bits per heavy atom. The molecule has 3 aromatic rings. The summed E-state index contributed by atoms with van der Waals surface area (Å²) in [5.74, 6) is -1.47.